The zero-order valence-corrected chi connectivity index (χ0v) is 16.2. The molecule has 142 valence electrons. The van der Waals surface area contributed by atoms with Crippen molar-refractivity contribution in [2.24, 2.45) is 0 Å². The van der Waals surface area contributed by atoms with Crippen molar-refractivity contribution in [3.8, 4) is 0 Å². The topological polar surface area (TPSA) is 49.9 Å². The molecule has 0 saturated carbocycles. The molecule has 2 aromatic rings. The van der Waals surface area contributed by atoms with Gasteiger partial charge in [-0.25, -0.2) is 0 Å². The van der Waals surface area contributed by atoms with Gasteiger partial charge >= 0.3 is 10.1 Å². The van der Waals surface area contributed by atoms with Gasteiger partial charge in [0.2, 0.25) is 0 Å². The van der Waals surface area contributed by atoms with Gasteiger partial charge in [-0.05, 0) is 17.7 Å². The van der Waals surface area contributed by atoms with Crippen LogP contribution in [0.3, 0.4) is 0 Å². The Balaban J connectivity index is 1.61. The SMILES string of the molecule is CN(c1ccccc1)C1CS(=O)(=O)OC2=C1CN(Cc1ccccc1)CC2. The first-order valence-electron chi connectivity index (χ1n) is 9.20. The summed E-state index contributed by atoms with van der Waals surface area (Å²) in [6, 6.07) is 20.1. The first-order chi connectivity index (χ1) is 13.0. The van der Waals surface area contributed by atoms with E-state index in [-0.39, 0.29) is 11.8 Å². The molecule has 0 aliphatic carbocycles. The number of nitrogens with zero attached hydrogens (tertiary/aromatic N) is 2. The van der Waals surface area contributed by atoms with Crippen molar-refractivity contribution in [2.45, 2.75) is 19.0 Å². The van der Waals surface area contributed by atoms with Crippen LogP contribution in [0.1, 0.15) is 12.0 Å². The number of rotatable bonds is 4. The van der Waals surface area contributed by atoms with Gasteiger partial charge in [0.05, 0.1) is 6.04 Å². The lowest BCUT2D eigenvalue weighted by molar-refractivity contribution is 0.233. The molecule has 4 rings (SSSR count). The highest BCUT2D eigenvalue weighted by atomic mass is 32.2. The molecule has 0 saturated heterocycles. The molecule has 2 aromatic carbocycles. The quantitative estimate of drug-likeness (QED) is 0.759. The summed E-state index contributed by atoms with van der Waals surface area (Å²) in [6.45, 7) is 2.37. The van der Waals surface area contributed by atoms with Gasteiger partial charge in [0, 0.05) is 44.4 Å². The van der Waals surface area contributed by atoms with Crippen LogP contribution in [-0.2, 0) is 20.8 Å². The Bertz CT molecular complexity index is 926. The second-order valence-corrected chi connectivity index (χ2v) is 8.78. The number of benzene rings is 2. The predicted octanol–water partition coefficient (Wildman–Crippen LogP) is 3.01. The van der Waals surface area contributed by atoms with Gasteiger partial charge in [-0.1, -0.05) is 48.5 Å². The average Bonchev–Trinajstić information content (AvgIpc) is 2.68. The van der Waals surface area contributed by atoms with Crippen LogP contribution < -0.4 is 4.90 Å². The maximum Gasteiger partial charge on any atom is 0.311 e. The molecule has 0 aromatic heterocycles. The van der Waals surface area contributed by atoms with Crippen LogP contribution in [0.25, 0.3) is 0 Å². The number of anilines is 1. The van der Waals surface area contributed by atoms with Crippen molar-refractivity contribution in [3.63, 3.8) is 0 Å². The monoisotopic (exact) mass is 384 g/mol. The second-order valence-electron chi connectivity index (χ2n) is 7.16. The summed E-state index contributed by atoms with van der Waals surface area (Å²) in [5.41, 5.74) is 3.35. The van der Waals surface area contributed by atoms with E-state index in [0.29, 0.717) is 12.2 Å². The molecule has 2 heterocycles. The zero-order chi connectivity index (χ0) is 18.9. The van der Waals surface area contributed by atoms with Crippen molar-refractivity contribution < 1.29 is 12.6 Å². The maximum absolute atomic E-state index is 12.3. The van der Waals surface area contributed by atoms with Crippen LogP contribution >= 0.6 is 0 Å². The van der Waals surface area contributed by atoms with E-state index in [2.05, 4.69) is 21.9 Å². The first kappa shape index (κ1) is 18.1. The summed E-state index contributed by atoms with van der Waals surface area (Å²) in [7, 11) is -1.59. The Labute approximate surface area is 161 Å². The lowest BCUT2D eigenvalue weighted by Gasteiger charge is -2.40. The lowest BCUT2D eigenvalue weighted by atomic mass is 9.99. The largest absolute Gasteiger partial charge is 0.387 e. The summed E-state index contributed by atoms with van der Waals surface area (Å²) in [4.78, 5) is 4.42. The standard InChI is InChI=1S/C21H24N2O3S/c1-22(18-10-6-3-7-11-18)20-16-27(24,25)26-21-12-13-23(15-19(20)21)14-17-8-4-2-5-9-17/h2-11,20H,12-16H2,1H3. The Morgan fingerprint density at radius 2 is 1.74 bits per heavy atom. The first-order valence-corrected chi connectivity index (χ1v) is 10.8. The third kappa shape index (κ3) is 4.01. The van der Waals surface area contributed by atoms with E-state index in [0.717, 1.165) is 30.9 Å². The van der Waals surface area contributed by atoms with Crippen LogP contribution in [0.5, 0.6) is 0 Å². The summed E-state index contributed by atoms with van der Waals surface area (Å²) >= 11 is 0. The number of hydrogen-bond donors (Lipinski definition) is 0. The molecule has 2 aliphatic heterocycles. The number of likely N-dealkylation sites (N-methyl/N-ethyl adjacent to an activating group) is 1. The minimum absolute atomic E-state index is 0.0175. The third-order valence-electron chi connectivity index (χ3n) is 5.28. The van der Waals surface area contributed by atoms with Crippen LogP contribution in [0.2, 0.25) is 0 Å². The van der Waals surface area contributed by atoms with Gasteiger partial charge in [0.25, 0.3) is 0 Å². The van der Waals surface area contributed by atoms with E-state index in [1.165, 1.54) is 5.56 Å². The van der Waals surface area contributed by atoms with E-state index in [1.54, 1.807) is 0 Å². The average molecular weight is 385 g/mol. The highest BCUT2D eigenvalue weighted by Gasteiger charge is 2.38. The van der Waals surface area contributed by atoms with Gasteiger partial charge < -0.3 is 9.08 Å². The molecule has 6 heteroatoms. The van der Waals surface area contributed by atoms with Gasteiger partial charge in [-0.2, -0.15) is 8.42 Å². The van der Waals surface area contributed by atoms with E-state index in [4.69, 9.17) is 4.18 Å². The minimum Gasteiger partial charge on any atom is -0.387 e. The van der Waals surface area contributed by atoms with Crippen molar-refractivity contribution in [1.82, 2.24) is 4.90 Å². The molecule has 5 nitrogen and oxygen atoms in total. The van der Waals surface area contributed by atoms with Gasteiger partial charge in [0.15, 0.2) is 0 Å². The summed E-state index contributed by atoms with van der Waals surface area (Å²) in [6.07, 6.45) is 0.626. The molecule has 0 fully saturated rings. The molecule has 0 spiro atoms. The highest BCUT2D eigenvalue weighted by molar-refractivity contribution is 7.86. The minimum atomic E-state index is -3.55. The van der Waals surface area contributed by atoms with Crippen molar-refractivity contribution in [1.29, 1.82) is 0 Å². The number of para-hydroxylation sites is 1. The normalized spacial score (nSPS) is 22.0. The molecule has 1 atom stereocenters. The fourth-order valence-corrected chi connectivity index (χ4v) is 5.24. The van der Waals surface area contributed by atoms with Crippen LogP contribution in [-0.4, -0.2) is 45.2 Å². The fourth-order valence-electron chi connectivity index (χ4n) is 3.86. The maximum atomic E-state index is 12.3. The van der Waals surface area contributed by atoms with Crippen molar-refractivity contribution >= 4 is 15.8 Å². The molecular weight excluding hydrogens is 360 g/mol. The summed E-state index contributed by atoms with van der Waals surface area (Å²) in [5.74, 6) is 0.620. The van der Waals surface area contributed by atoms with Gasteiger partial charge in [-0.3, -0.25) is 4.90 Å². The van der Waals surface area contributed by atoms with Crippen LogP contribution in [0.4, 0.5) is 5.69 Å². The Hall–Kier alpha value is -2.31. The van der Waals surface area contributed by atoms with Gasteiger partial charge in [0.1, 0.15) is 11.5 Å². The molecule has 0 radical (unpaired) electrons. The molecule has 0 amide bonds. The molecule has 2 aliphatic rings. The number of hydrogen-bond acceptors (Lipinski definition) is 5. The molecule has 0 N–H and O–H groups in total. The Kier molecular flexibility index (Phi) is 4.93. The van der Waals surface area contributed by atoms with E-state index in [1.807, 2.05) is 55.6 Å². The van der Waals surface area contributed by atoms with E-state index >= 15 is 0 Å². The smallest absolute Gasteiger partial charge is 0.311 e. The van der Waals surface area contributed by atoms with E-state index in [9.17, 15) is 8.42 Å². The van der Waals surface area contributed by atoms with Gasteiger partial charge in [-0.15, -0.1) is 0 Å². The van der Waals surface area contributed by atoms with Crippen molar-refractivity contribution in [3.05, 3.63) is 77.6 Å². The molecule has 27 heavy (non-hydrogen) atoms. The molecular formula is C21H24N2O3S. The second kappa shape index (κ2) is 7.37. The Morgan fingerprint density at radius 3 is 2.44 bits per heavy atom. The Morgan fingerprint density at radius 1 is 1.07 bits per heavy atom. The summed E-state index contributed by atoms with van der Waals surface area (Å²) < 4.78 is 30.0. The van der Waals surface area contributed by atoms with E-state index < -0.39 is 10.1 Å². The third-order valence-corrected chi connectivity index (χ3v) is 6.46. The molecule has 1 unspecified atom stereocenters. The zero-order valence-electron chi connectivity index (χ0n) is 15.4. The predicted molar refractivity (Wildman–Crippen MR) is 107 cm³/mol. The van der Waals surface area contributed by atoms with Crippen molar-refractivity contribution in [2.75, 3.05) is 30.8 Å². The fraction of sp³-hybridized carbons (Fsp3) is 0.333. The lowest BCUT2D eigenvalue weighted by Crippen LogP contribution is -2.48. The highest BCUT2D eigenvalue weighted by Crippen LogP contribution is 2.33. The summed E-state index contributed by atoms with van der Waals surface area (Å²) in [5, 5.41) is 0. The van der Waals surface area contributed by atoms with Crippen LogP contribution in [0, 0.1) is 0 Å². The van der Waals surface area contributed by atoms with Crippen LogP contribution in [0.15, 0.2) is 72.0 Å². The molecule has 0 bridgehead atoms.